The van der Waals surface area contributed by atoms with Crippen LogP contribution in [0.4, 0.5) is 5.69 Å². The Bertz CT molecular complexity index is 513. The van der Waals surface area contributed by atoms with Crippen LogP contribution in [0, 0.1) is 6.92 Å². The smallest absolute Gasteiger partial charge is 0.306 e. The topological polar surface area (TPSA) is 73.9 Å². The van der Waals surface area contributed by atoms with Gasteiger partial charge in [0.05, 0.1) is 27.2 Å². The minimum absolute atomic E-state index is 0.0615. The van der Waals surface area contributed by atoms with E-state index in [4.69, 9.17) is 14.2 Å². The van der Waals surface area contributed by atoms with Gasteiger partial charge in [0, 0.05) is 18.2 Å². The van der Waals surface area contributed by atoms with Crippen molar-refractivity contribution in [2.75, 3.05) is 26.1 Å². The lowest BCUT2D eigenvalue weighted by atomic mass is 10.1. The highest BCUT2D eigenvalue weighted by Gasteiger charge is 2.12. The molecule has 0 aliphatic carbocycles. The summed E-state index contributed by atoms with van der Waals surface area (Å²) < 4.78 is 15.2. The van der Waals surface area contributed by atoms with Crippen LogP contribution in [0.3, 0.4) is 0 Å². The molecule has 0 saturated heterocycles. The number of nitrogens with one attached hydrogen (secondary N) is 1. The van der Waals surface area contributed by atoms with E-state index in [1.807, 2.05) is 6.92 Å². The molecule has 0 saturated carbocycles. The molecular weight excluding hydrogens is 274 g/mol. The van der Waals surface area contributed by atoms with Crippen LogP contribution in [0.5, 0.6) is 11.5 Å². The largest absolute Gasteiger partial charge is 0.493 e. The third kappa shape index (κ3) is 4.98. The summed E-state index contributed by atoms with van der Waals surface area (Å²) in [5.74, 6) is 0.498. The highest BCUT2D eigenvalue weighted by molar-refractivity contribution is 5.93. The first-order chi connectivity index (χ1) is 10.0. The van der Waals surface area contributed by atoms with Gasteiger partial charge in [0.15, 0.2) is 11.5 Å². The Kier molecular flexibility index (Phi) is 6.52. The average molecular weight is 295 g/mol. The van der Waals surface area contributed by atoms with Gasteiger partial charge in [-0.05, 0) is 25.5 Å². The standard InChI is InChI=1S/C15H21NO5/c1-5-21-15(18)7-6-14(17)16-11-9-13(20-4)12(19-3)8-10(11)2/h8-9H,5-7H2,1-4H3,(H,16,17). The summed E-state index contributed by atoms with van der Waals surface area (Å²) in [5.41, 5.74) is 1.47. The average Bonchev–Trinajstić information content (AvgIpc) is 2.47. The van der Waals surface area contributed by atoms with Crippen molar-refractivity contribution in [1.82, 2.24) is 0 Å². The summed E-state index contributed by atoms with van der Waals surface area (Å²) in [6.45, 7) is 3.89. The van der Waals surface area contributed by atoms with Crippen molar-refractivity contribution in [2.45, 2.75) is 26.7 Å². The van der Waals surface area contributed by atoms with Crippen molar-refractivity contribution in [3.8, 4) is 11.5 Å². The predicted molar refractivity (Wildman–Crippen MR) is 78.8 cm³/mol. The van der Waals surface area contributed by atoms with E-state index in [9.17, 15) is 9.59 Å². The summed E-state index contributed by atoms with van der Waals surface area (Å²) in [5, 5.41) is 2.75. The summed E-state index contributed by atoms with van der Waals surface area (Å²) in [4.78, 5) is 23.0. The van der Waals surface area contributed by atoms with Crippen molar-refractivity contribution in [1.29, 1.82) is 0 Å². The maximum Gasteiger partial charge on any atom is 0.306 e. The molecule has 21 heavy (non-hydrogen) atoms. The van der Waals surface area contributed by atoms with Crippen molar-refractivity contribution in [3.05, 3.63) is 17.7 Å². The molecule has 0 bridgehead atoms. The third-order valence-electron chi connectivity index (χ3n) is 2.87. The van der Waals surface area contributed by atoms with Crippen molar-refractivity contribution < 1.29 is 23.8 Å². The fraction of sp³-hybridized carbons (Fsp3) is 0.467. The number of carbonyl (C=O) groups is 2. The van der Waals surface area contributed by atoms with Gasteiger partial charge in [-0.1, -0.05) is 0 Å². The van der Waals surface area contributed by atoms with E-state index in [0.29, 0.717) is 23.8 Å². The second-order valence-electron chi connectivity index (χ2n) is 4.38. The molecule has 0 aliphatic heterocycles. The van der Waals surface area contributed by atoms with Gasteiger partial charge in [-0.2, -0.15) is 0 Å². The Morgan fingerprint density at radius 1 is 1.10 bits per heavy atom. The number of hydrogen-bond donors (Lipinski definition) is 1. The lowest BCUT2D eigenvalue weighted by molar-refractivity contribution is -0.144. The van der Waals surface area contributed by atoms with Gasteiger partial charge >= 0.3 is 5.97 Å². The number of ether oxygens (including phenoxy) is 3. The highest BCUT2D eigenvalue weighted by Crippen LogP contribution is 2.32. The molecule has 1 aromatic carbocycles. The molecule has 1 aromatic rings. The number of hydrogen-bond acceptors (Lipinski definition) is 5. The van der Waals surface area contributed by atoms with Crippen LogP contribution in [-0.4, -0.2) is 32.7 Å². The molecule has 0 spiro atoms. The van der Waals surface area contributed by atoms with Gasteiger partial charge in [0.1, 0.15) is 0 Å². The number of aryl methyl sites for hydroxylation is 1. The van der Waals surface area contributed by atoms with Crippen LogP contribution < -0.4 is 14.8 Å². The summed E-state index contributed by atoms with van der Waals surface area (Å²) in [6, 6.07) is 3.47. The molecule has 0 radical (unpaired) electrons. The van der Waals surface area contributed by atoms with Gasteiger partial charge in [0.2, 0.25) is 5.91 Å². The van der Waals surface area contributed by atoms with E-state index in [1.54, 1.807) is 26.2 Å². The van der Waals surface area contributed by atoms with Crippen LogP contribution in [0.1, 0.15) is 25.3 Å². The van der Waals surface area contributed by atoms with Crippen LogP contribution in [-0.2, 0) is 14.3 Å². The van der Waals surface area contributed by atoms with Crippen LogP contribution in [0.25, 0.3) is 0 Å². The van der Waals surface area contributed by atoms with E-state index in [-0.39, 0.29) is 24.7 Å². The molecule has 1 amide bonds. The first-order valence-electron chi connectivity index (χ1n) is 6.69. The van der Waals surface area contributed by atoms with E-state index in [1.165, 1.54) is 7.11 Å². The lowest BCUT2D eigenvalue weighted by Gasteiger charge is -2.13. The van der Waals surface area contributed by atoms with Crippen molar-refractivity contribution in [3.63, 3.8) is 0 Å². The molecule has 0 fully saturated rings. The van der Waals surface area contributed by atoms with Gasteiger partial charge in [0.25, 0.3) is 0 Å². The molecule has 0 unspecified atom stereocenters. The van der Waals surface area contributed by atoms with Crippen LogP contribution in [0.2, 0.25) is 0 Å². The Morgan fingerprint density at radius 3 is 2.29 bits per heavy atom. The van der Waals surface area contributed by atoms with Crippen LogP contribution >= 0.6 is 0 Å². The molecular formula is C15H21NO5. The Labute approximate surface area is 124 Å². The predicted octanol–water partition coefficient (Wildman–Crippen LogP) is 2.29. The molecule has 1 rings (SSSR count). The molecule has 0 atom stereocenters. The molecule has 1 N–H and O–H groups in total. The minimum atomic E-state index is -0.378. The quantitative estimate of drug-likeness (QED) is 0.781. The number of esters is 1. The van der Waals surface area contributed by atoms with E-state index in [0.717, 1.165) is 5.56 Å². The summed E-state index contributed by atoms with van der Waals surface area (Å²) >= 11 is 0. The zero-order chi connectivity index (χ0) is 15.8. The number of carbonyl (C=O) groups excluding carboxylic acids is 2. The monoisotopic (exact) mass is 295 g/mol. The maximum atomic E-state index is 11.8. The first kappa shape index (κ1) is 16.8. The number of benzene rings is 1. The summed E-state index contributed by atoms with van der Waals surface area (Å²) in [7, 11) is 3.08. The van der Waals surface area contributed by atoms with E-state index < -0.39 is 0 Å². The second-order valence-corrected chi connectivity index (χ2v) is 4.38. The number of amides is 1. The van der Waals surface area contributed by atoms with Crippen molar-refractivity contribution in [2.24, 2.45) is 0 Å². The fourth-order valence-electron chi connectivity index (χ4n) is 1.78. The molecule has 0 aliphatic rings. The van der Waals surface area contributed by atoms with Gasteiger partial charge in [-0.25, -0.2) is 0 Å². The third-order valence-corrected chi connectivity index (χ3v) is 2.87. The van der Waals surface area contributed by atoms with Gasteiger partial charge < -0.3 is 19.5 Å². The SMILES string of the molecule is CCOC(=O)CCC(=O)Nc1cc(OC)c(OC)cc1C. The van der Waals surface area contributed by atoms with Crippen molar-refractivity contribution >= 4 is 17.6 Å². The zero-order valence-corrected chi connectivity index (χ0v) is 12.8. The first-order valence-corrected chi connectivity index (χ1v) is 6.69. The number of rotatable bonds is 7. The summed E-state index contributed by atoms with van der Waals surface area (Å²) in [6.07, 6.45) is 0.138. The normalized spacial score (nSPS) is 9.90. The number of methoxy groups -OCH3 is 2. The fourth-order valence-corrected chi connectivity index (χ4v) is 1.78. The van der Waals surface area contributed by atoms with Gasteiger partial charge in [-0.3, -0.25) is 9.59 Å². The minimum Gasteiger partial charge on any atom is -0.493 e. The molecule has 0 aromatic heterocycles. The zero-order valence-electron chi connectivity index (χ0n) is 12.8. The molecule has 6 nitrogen and oxygen atoms in total. The molecule has 116 valence electrons. The molecule has 6 heteroatoms. The Balaban J connectivity index is 2.69. The van der Waals surface area contributed by atoms with E-state index in [2.05, 4.69) is 5.32 Å². The maximum absolute atomic E-state index is 11.8. The molecule has 0 heterocycles. The van der Waals surface area contributed by atoms with Crippen LogP contribution in [0.15, 0.2) is 12.1 Å². The lowest BCUT2D eigenvalue weighted by Crippen LogP contribution is -2.15. The van der Waals surface area contributed by atoms with E-state index >= 15 is 0 Å². The van der Waals surface area contributed by atoms with Gasteiger partial charge in [-0.15, -0.1) is 0 Å². The highest BCUT2D eigenvalue weighted by atomic mass is 16.5. The Hall–Kier alpha value is -2.24. The Morgan fingerprint density at radius 2 is 1.71 bits per heavy atom. The second kappa shape index (κ2) is 8.14. The number of anilines is 1.